The summed E-state index contributed by atoms with van der Waals surface area (Å²) in [5.74, 6) is -0.706. The zero-order valence-corrected chi connectivity index (χ0v) is 11.7. The first-order chi connectivity index (χ1) is 8.71. The van der Waals surface area contributed by atoms with Crippen molar-refractivity contribution in [3.63, 3.8) is 0 Å². The molecule has 0 amide bonds. The van der Waals surface area contributed by atoms with Gasteiger partial charge in [0.2, 0.25) is 10.0 Å². The smallest absolute Gasteiger partial charge is 0.337 e. The first kappa shape index (κ1) is 15.5. The predicted molar refractivity (Wildman–Crippen MR) is 72.7 cm³/mol. The van der Waals surface area contributed by atoms with Gasteiger partial charge in [0.25, 0.3) is 0 Å². The van der Waals surface area contributed by atoms with Gasteiger partial charge in [0.05, 0.1) is 10.5 Å². The zero-order chi connectivity index (χ0) is 14.6. The van der Waals surface area contributed by atoms with Gasteiger partial charge in [0.15, 0.2) is 0 Å². The lowest BCUT2D eigenvalue weighted by Crippen LogP contribution is -2.15. The molecular formula is C12H18N2O4S. The highest BCUT2D eigenvalue weighted by molar-refractivity contribution is 7.89. The van der Waals surface area contributed by atoms with Crippen molar-refractivity contribution < 1.29 is 18.3 Å². The molecule has 0 aliphatic heterocycles. The van der Waals surface area contributed by atoms with E-state index in [9.17, 15) is 13.2 Å². The van der Waals surface area contributed by atoms with Crippen LogP contribution in [0.3, 0.4) is 0 Å². The van der Waals surface area contributed by atoms with E-state index >= 15 is 0 Å². The van der Waals surface area contributed by atoms with Crippen LogP contribution in [0.2, 0.25) is 0 Å². The number of carbonyl (C=O) groups is 1. The van der Waals surface area contributed by atoms with Gasteiger partial charge < -0.3 is 10.4 Å². The van der Waals surface area contributed by atoms with Crippen molar-refractivity contribution in [1.82, 2.24) is 0 Å². The summed E-state index contributed by atoms with van der Waals surface area (Å²) in [5, 5.41) is 17.1. The highest BCUT2D eigenvalue weighted by Crippen LogP contribution is 2.20. The van der Waals surface area contributed by atoms with Crippen molar-refractivity contribution in [3.8, 4) is 0 Å². The van der Waals surface area contributed by atoms with Crippen molar-refractivity contribution >= 4 is 21.7 Å². The van der Waals surface area contributed by atoms with Gasteiger partial charge in [-0.15, -0.1) is 0 Å². The zero-order valence-electron chi connectivity index (χ0n) is 10.9. The monoisotopic (exact) mass is 286 g/mol. The molecule has 1 aromatic rings. The Morgan fingerprint density at radius 3 is 2.53 bits per heavy atom. The number of rotatable bonds is 6. The normalized spacial score (nSPS) is 11.6. The third-order valence-corrected chi connectivity index (χ3v) is 3.50. The molecule has 6 nitrogen and oxygen atoms in total. The van der Waals surface area contributed by atoms with E-state index < -0.39 is 16.0 Å². The molecule has 0 atom stereocenters. The largest absolute Gasteiger partial charge is 0.478 e. The number of anilines is 1. The van der Waals surface area contributed by atoms with Crippen LogP contribution in [0, 0.1) is 5.92 Å². The van der Waals surface area contributed by atoms with E-state index in [1.807, 2.05) is 0 Å². The van der Waals surface area contributed by atoms with Crippen LogP contribution in [0.15, 0.2) is 23.1 Å². The molecular weight excluding hydrogens is 268 g/mol. The molecule has 0 saturated heterocycles. The third kappa shape index (κ3) is 4.53. The molecule has 7 heteroatoms. The minimum Gasteiger partial charge on any atom is -0.478 e. The maximum atomic E-state index is 11.2. The molecule has 0 aliphatic rings. The van der Waals surface area contributed by atoms with Crippen LogP contribution in [0.4, 0.5) is 5.69 Å². The van der Waals surface area contributed by atoms with Gasteiger partial charge in [-0.25, -0.2) is 18.4 Å². The Kier molecular flexibility index (Phi) is 4.90. The lowest BCUT2D eigenvalue weighted by molar-refractivity contribution is 0.0697. The molecule has 0 aromatic heterocycles. The second-order valence-electron chi connectivity index (χ2n) is 4.67. The SMILES string of the molecule is CC(C)CCNc1ccc(S(N)(=O)=O)cc1C(=O)O. The molecule has 106 valence electrons. The Labute approximate surface area is 112 Å². The summed E-state index contributed by atoms with van der Waals surface area (Å²) in [7, 11) is -3.90. The minimum atomic E-state index is -3.90. The Hall–Kier alpha value is -1.60. The fourth-order valence-corrected chi connectivity index (χ4v) is 2.07. The molecule has 0 heterocycles. The van der Waals surface area contributed by atoms with Crippen LogP contribution >= 0.6 is 0 Å². The van der Waals surface area contributed by atoms with Gasteiger partial charge in [0, 0.05) is 12.2 Å². The molecule has 4 N–H and O–H groups in total. The summed E-state index contributed by atoms with van der Waals surface area (Å²) in [6, 6.07) is 3.78. The standard InChI is InChI=1S/C12H18N2O4S/c1-8(2)5-6-14-11-4-3-9(19(13,17)18)7-10(11)12(15)16/h3-4,7-8,14H,5-6H2,1-2H3,(H,15,16)(H2,13,17,18). The highest BCUT2D eigenvalue weighted by Gasteiger charge is 2.15. The van der Waals surface area contributed by atoms with Gasteiger partial charge in [0.1, 0.15) is 0 Å². The molecule has 0 saturated carbocycles. The molecule has 0 fully saturated rings. The molecule has 0 bridgehead atoms. The van der Waals surface area contributed by atoms with Gasteiger partial charge in [-0.2, -0.15) is 0 Å². The Morgan fingerprint density at radius 1 is 1.42 bits per heavy atom. The van der Waals surface area contributed by atoms with E-state index in [-0.39, 0.29) is 10.5 Å². The van der Waals surface area contributed by atoms with Crippen molar-refractivity contribution in [2.24, 2.45) is 11.1 Å². The summed E-state index contributed by atoms with van der Waals surface area (Å²) in [6.07, 6.45) is 0.885. The van der Waals surface area contributed by atoms with Crippen LogP contribution in [-0.2, 0) is 10.0 Å². The summed E-state index contributed by atoms with van der Waals surface area (Å²) in [6.45, 7) is 4.74. The van der Waals surface area contributed by atoms with Crippen molar-refractivity contribution in [3.05, 3.63) is 23.8 Å². The fraction of sp³-hybridized carbons (Fsp3) is 0.417. The van der Waals surface area contributed by atoms with Crippen LogP contribution < -0.4 is 10.5 Å². The first-order valence-corrected chi connectivity index (χ1v) is 7.40. The lowest BCUT2D eigenvalue weighted by Gasteiger charge is -2.11. The fourth-order valence-electron chi connectivity index (χ4n) is 1.53. The van der Waals surface area contributed by atoms with E-state index in [0.717, 1.165) is 12.5 Å². The van der Waals surface area contributed by atoms with Crippen molar-refractivity contribution in [1.29, 1.82) is 0 Å². The Balaban J connectivity index is 3.02. The summed E-state index contributed by atoms with van der Waals surface area (Å²) in [5.41, 5.74) is 0.288. The third-order valence-electron chi connectivity index (χ3n) is 2.59. The summed E-state index contributed by atoms with van der Waals surface area (Å²) < 4.78 is 22.4. The number of carboxylic acid groups (broad SMARTS) is 1. The number of sulfonamides is 1. The van der Waals surface area contributed by atoms with Gasteiger partial charge in [-0.1, -0.05) is 13.8 Å². The van der Waals surface area contributed by atoms with Crippen molar-refractivity contribution in [2.45, 2.75) is 25.2 Å². The lowest BCUT2D eigenvalue weighted by atomic mass is 10.1. The second-order valence-corrected chi connectivity index (χ2v) is 6.23. The maximum Gasteiger partial charge on any atom is 0.337 e. The molecule has 0 spiro atoms. The molecule has 19 heavy (non-hydrogen) atoms. The molecule has 0 radical (unpaired) electrons. The number of hydrogen-bond donors (Lipinski definition) is 3. The van der Waals surface area contributed by atoms with Crippen LogP contribution in [0.5, 0.6) is 0 Å². The number of aromatic carboxylic acids is 1. The first-order valence-electron chi connectivity index (χ1n) is 5.86. The van der Waals surface area contributed by atoms with Gasteiger partial charge in [-0.3, -0.25) is 0 Å². The predicted octanol–water partition coefficient (Wildman–Crippen LogP) is 1.49. The van der Waals surface area contributed by atoms with E-state index in [0.29, 0.717) is 18.2 Å². The number of hydrogen-bond acceptors (Lipinski definition) is 4. The van der Waals surface area contributed by atoms with E-state index in [2.05, 4.69) is 19.2 Å². The number of nitrogens with two attached hydrogens (primary N) is 1. The topological polar surface area (TPSA) is 109 Å². The summed E-state index contributed by atoms with van der Waals surface area (Å²) >= 11 is 0. The number of carboxylic acids is 1. The maximum absolute atomic E-state index is 11.2. The molecule has 0 unspecified atom stereocenters. The van der Waals surface area contributed by atoms with Crippen LogP contribution in [-0.4, -0.2) is 26.0 Å². The number of benzene rings is 1. The average molecular weight is 286 g/mol. The van der Waals surface area contributed by atoms with E-state index in [1.165, 1.54) is 12.1 Å². The van der Waals surface area contributed by atoms with Gasteiger partial charge >= 0.3 is 5.97 Å². The molecule has 1 rings (SSSR count). The average Bonchev–Trinajstić information content (AvgIpc) is 2.27. The van der Waals surface area contributed by atoms with E-state index in [1.54, 1.807) is 0 Å². The number of nitrogens with one attached hydrogen (secondary N) is 1. The number of primary sulfonamides is 1. The second kappa shape index (κ2) is 6.03. The van der Waals surface area contributed by atoms with Crippen LogP contribution in [0.1, 0.15) is 30.6 Å². The van der Waals surface area contributed by atoms with Crippen LogP contribution in [0.25, 0.3) is 0 Å². The Bertz CT molecular complexity index is 567. The Morgan fingerprint density at radius 2 is 2.05 bits per heavy atom. The summed E-state index contributed by atoms with van der Waals surface area (Å²) in [4.78, 5) is 10.9. The van der Waals surface area contributed by atoms with Gasteiger partial charge in [-0.05, 0) is 30.5 Å². The highest BCUT2D eigenvalue weighted by atomic mass is 32.2. The minimum absolute atomic E-state index is 0.102. The van der Waals surface area contributed by atoms with E-state index in [4.69, 9.17) is 10.2 Å². The quantitative estimate of drug-likeness (QED) is 0.734. The van der Waals surface area contributed by atoms with Crippen molar-refractivity contribution in [2.75, 3.05) is 11.9 Å². The molecule has 1 aromatic carbocycles. The molecule has 0 aliphatic carbocycles.